The normalized spacial score (nSPS) is 10.2. The van der Waals surface area contributed by atoms with E-state index in [1.54, 1.807) is 24.3 Å². The molecule has 0 atom stereocenters. The summed E-state index contributed by atoms with van der Waals surface area (Å²) in [5, 5.41) is 13.9. The first-order chi connectivity index (χ1) is 11.0. The maximum atomic E-state index is 11.7. The zero-order valence-corrected chi connectivity index (χ0v) is 13.3. The highest BCUT2D eigenvalue weighted by Crippen LogP contribution is 2.26. The standard InChI is InChI=1S/C15H12Cl2N2O4/c16-13-6-5-12(7-14(13)17)23-9-15(20)18-8-10-1-3-11(4-2-10)19(21)22/h1-7H,8-9H2,(H,18,20). The van der Waals surface area contributed by atoms with Gasteiger partial charge in [-0.2, -0.15) is 0 Å². The summed E-state index contributed by atoms with van der Waals surface area (Å²) in [5.41, 5.74) is 0.751. The number of nitrogens with one attached hydrogen (secondary N) is 1. The molecule has 0 unspecified atom stereocenters. The summed E-state index contributed by atoms with van der Waals surface area (Å²) in [6, 6.07) is 10.6. The molecular formula is C15H12Cl2N2O4. The Bertz CT molecular complexity index is 720. The number of benzene rings is 2. The summed E-state index contributed by atoms with van der Waals surface area (Å²) in [6.07, 6.45) is 0. The summed E-state index contributed by atoms with van der Waals surface area (Å²) < 4.78 is 5.30. The third kappa shape index (κ3) is 5.12. The second kappa shape index (κ2) is 7.80. The number of rotatable bonds is 6. The van der Waals surface area contributed by atoms with Gasteiger partial charge in [0, 0.05) is 24.7 Å². The van der Waals surface area contributed by atoms with Crippen LogP contribution in [0.2, 0.25) is 10.0 Å². The van der Waals surface area contributed by atoms with Crippen LogP contribution in [0, 0.1) is 10.1 Å². The third-order valence-corrected chi connectivity index (χ3v) is 3.64. The van der Waals surface area contributed by atoms with E-state index in [0.717, 1.165) is 5.56 Å². The van der Waals surface area contributed by atoms with Crippen molar-refractivity contribution in [3.63, 3.8) is 0 Å². The van der Waals surface area contributed by atoms with Crippen molar-refractivity contribution in [2.75, 3.05) is 6.61 Å². The number of carbonyl (C=O) groups excluding carboxylic acids is 1. The number of nitrogens with zero attached hydrogens (tertiary/aromatic N) is 1. The highest BCUT2D eigenvalue weighted by Gasteiger charge is 2.07. The van der Waals surface area contributed by atoms with Gasteiger partial charge in [0.1, 0.15) is 5.75 Å². The van der Waals surface area contributed by atoms with E-state index in [1.165, 1.54) is 18.2 Å². The van der Waals surface area contributed by atoms with Gasteiger partial charge < -0.3 is 10.1 Å². The average molecular weight is 355 g/mol. The molecule has 2 rings (SSSR count). The topological polar surface area (TPSA) is 81.5 Å². The number of nitro benzene ring substituents is 1. The Labute approximate surface area is 142 Å². The Morgan fingerprint density at radius 2 is 1.83 bits per heavy atom. The van der Waals surface area contributed by atoms with Crippen LogP contribution in [0.3, 0.4) is 0 Å². The molecule has 1 N–H and O–H groups in total. The van der Waals surface area contributed by atoms with Gasteiger partial charge in [0.05, 0.1) is 15.0 Å². The first kappa shape index (κ1) is 17.1. The lowest BCUT2D eigenvalue weighted by molar-refractivity contribution is -0.384. The van der Waals surface area contributed by atoms with Crippen molar-refractivity contribution >= 4 is 34.8 Å². The molecule has 2 aromatic rings. The van der Waals surface area contributed by atoms with Gasteiger partial charge in [-0.1, -0.05) is 35.3 Å². The van der Waals surface area contributed by atoms with Crippen LogP contribution in [0.4, 0.5) is 5.69 Å². The largest absolute Gasteiger partial charge is 0.484 e. The SMILES string of the molecule is O=C(COc1ccc(Cl)c(Cl)c1)NCc1ccc([N+](=O)[O-])cc1. The number of amides is 1. The molecule has 0 spiro atoms. The minimum atomic E-state index is -0.479. The third-order valence-electron chi connectivity index (χ3n) is 2.90. The first-order valence-corrected chi connectivity index (χ1v) is 7.29. The van der Waals surface area contributed by atoms with E-state index in [1.807, 2.05) is 0 Å². The number of halogens is 2. The predicted octanol–water partition coefficient (Wildman–Crippen LogP) is 3.60. The molecule has 2 aromatic carbocycles. The van der Waals surface area contributed by atoms with Crippen molar-refractivity contribution in [2.24, 2.45) is 0 Å². The second-order valence-electron chi connectivity index (χ2n) is 4.56. The van der Waals surface area contributed by atoms with Crippen LogP contribution < -0.4 is 10.1 Å². The second-order valence-corrected chi connectivity index (χ2v) is 5.38. The van der Waals surface area contributed by atoms with Crippen LogP contribution in [-0.4, -0.2) is 17.4 Å². The molecule has 23 heavy (non-hydrogen) atoms. The van der Waals surface area contributed by atoms with Gasteiger partial charge in [-0.3, -0.25) is 14.9 Å². The van der Waals surface area contributed by atoms with E-state index in [0.29, 0.717) is 15.8 Å². The minimum absolute atomic E-state index is 0.00280. The summed E-state index contributed by atoms with van der Waals surface area (Å²) in [7, 11) is 0. The van der Waals surface area contributed by atoms with Gasteiger partial charge in [-0.15, -0.1) is 0 Å². The fraction of sp³-hybridized carbons (Fsp3) is 0.133. The van der Waals surface area contributed by atoms with Crippen molar-refractivity contribution in [1.29, 1.82) is 0 Å². The lowest BCUT2D eigenvalue weighted by Crippen LogP contribution is -2.28. The molecule has 0 radical (unpaired) electrons. The number of hydrogen-bond acceptors (Lipinski definition) is 4. The molecule has 6 nitrogen and oxygen atoms in total. The summed E-state index contributed by atoms with van der Waals surface area (Å²) in [4.78, 5) is 21.8. The van der Waals surface area contributed by atoms with E-state index in [9.17, 15) is 14.9 Å². The molecule has 0 aliphatic carbocycles. The number of carbonyl (C=O) groups is 1. The van der Waals surface area contributed by atoms with Gasteiger partial charge >= 0.3 is 0 Å². The van der Waals surface area contributed by atoms with Crippen molar-refractivity contribution in [2.45, 2.75) is 6.54 Å². The Morgan fingerprint density at radius 1 is 1.13 bits per heavy atom. The van der Waals surface area contributed by atoms with E-state index >= 15 is 0 Å². The van der Waals surface area contributed by atoms with Crippen LogP contribution in [-0.2, 0) is 11.3 Å². The van der Waals surface area contributed by atoms with Crippen LogP contribution >= 0.6 is 23.2 Å². The Morgan fingerprint density at radius 3 is 2.43 bits per heavy atom. The number of hydrogen-bond donors (Lipinski definition) is 1. The quantitative estimate of drug-likeness (QED) is 0.634. The molecule has 1 amide bonds. The molecule has 0 aliphatic rings. The van der Waals surface area contributed by atoms with Crippen LogP contribution in [0.1, 0.15) is 5.56 Å². The molecular weight excluding hydrogens is 343 g/mol. The zero-order chi connectivity index (χ0) is 16.8. The summed E-state index contributed by atoms with van der Waals surface area (Å²) in [5.74, 6) is 0.110. The van der Waals surface area contributed by atoms with Crippen molar-refractivity contribution in [1.82, 2.24) is 5.32 Å². The number of non-ortho nitro benzene ring substituents is 1. The molecule has 0 bridgehead atoms. The highest BCUT2D eigenvalue weighted by molar-refractivity contribution is 6.42. The minimum Gasteiger partial charge on any atom is -0.484 e. The predicted molar refractivity (Wildman–Crippen MR) is 86.9 cm³/mol. The van der Waals surface area contributed by atoms with Crippen molar-refractivity contribution < 1.29 is 14.5 Å². The fourth-order valence-corrected chi connectivity index (χ4v) is 1.99. The molecule has 0 fully saturated rings. The fourth-order valence-electron chi connectivity index (χ4n) is 1.70. The lowest BCUT2D eigenvalue weighted by Gasteiger charge is -2.08. The lowest BCUT2D eigenvalue weighted by atomic mass is 10.2. The number of nitro groups is 1. The van der Waals surface area contributed by atoms with Gasteiger partial charge in [0.2, 0.25) is 0 Å². The van der Waals surface area contributed by atoms with Crippen molar-refractivity contribution in [3.8, 4) is 5.75 Å². The molecule has 0 aliphatic heterocycles. The van der Waals surface area contributed by atoms with Gasteiger partial charge in [0.15, 0.2) is 6.61 Å². The van der Waals surface area contributed by atoms with Gasteiger partial charge in [0.25, 0.3) is 11.6 Å². The van der Waals surface area contributed by atoms with Crippen molar-refractivity contribution in [3.05, 3.63) is 68.2 Å². The maximum Gasteiger partial charge on any atom is 0.269 e. The van der Waals surface area contributed by atoms with E-state index in [-0.39, 0.29) is 24.7 Å². The summed E-state index contributed by atoms with van der Waals surface area (Å²) >= 11 is 11.6. The Hall–Kier alpha value is -2.31. The van der Waals surface area contributed by atoms with E-state index < -0.39 is 4.92 Å². The van der Waals surface area contributed by atoms with E-state index in [2.05, 4.69) is 5.32 Å². The van der Waals surface area contributed by atoms with Crippen LogP contribution in [0.5, 0.6) is 5.75 Å². The zero-order valence-electron chi connectivity index (χ0n) is 11.8. The highest BCUT2D eigenvalue weighted by atomic mass is 35.5. The smallest absolute Gasteiger partial charge is 0.269 e. The maximum absolute atomic E-state index is 11.7. The first-order valence-electron chi connectivity index (χ1n) is 6.53. The van der Waals surface area contributed by atoms with E-state index in [4.69, 9.17) is 27.9 Å². The Balaban J connectivity index is 1.80. The Kier molecular flexibility index (Phi) is 5.78. The molecule has 120 valence electrons. The molecule has 0 aromatic heterocycles. The van der Waals surface area contributed by atoms with Crippen LogP contribution in [0.15, 0.2) is 42.5 Å². The van der Waals surface area contributed by atoms with Gasteiger partial charge in [-0.05, 0) is 17.7 Å². The molecule has 0 saturated heterocycles. The van der Waals surface area contributed by atoms with Gasteiger partial charge in [-0.25, -0.2) is 0 Å². The molecule has 8 heteroatoms. The number of ether oxygens (including phenoxy) is 1. The average Bonchev–Trinajstić information content (AvgIpc) is 2.54. The monoisotopic (exact) mass is 354 g/mol. The van der Waals surface area contributed by atoms with Crippen LogP contribution in [0.25, 0.3) is 0 Å². The molecule has 0 heterocycles. The molecule has 0 saturated carbocycles. The summed E-state index contributed by atoms with van der Waals surface area (Å²) in [6.45, 7) is 0.0759.